The Kier molecular flexibility index (Phi) is 8.61. The van der Waals surface area contributed by atoms with Gasteiger partial charge in [-0.15, -0.1) is 12.4 Å². The monoisotopic (exact) mass is 494 g/mol. The van der Waals surface area contributed by atoms with Crippen LogP contribution in [-0.2, 0) is 11.3 Å². The number of nitrogens with zero attached hydrogens (tertiary/aromatic N) is 3. The van der Waals surface area contributed by atoms with E-state index in [-0.39, 0.29) is 17.9 Å². The maximum atomic E-state index is 13.2. The van der Waals surface area contributed by atoms with Gasteiger partial charge >= 0.3 is 17.9 Å². The number of hydrogen-bond acceptors (Lipinski definition) is 5. The molecule has 0 saturated carbocycles. The van der Waals surface area contributed by atoms with Crippen LogP contribution in [0.15, 0.2) is 29.1 Å². The van der Waals surface area contributed by atoms with E-state index in [2.05, 4.69) is 10.2 Å². The number of fused-ring (bicyclic) bond motifs is 1. The molecule has 0 spiro atoms. The van der Waals surface area contributed by atoms with Crippen LogP contribution < -0.4 is 11.0 Å². The number of para-hydroxylation sites is 2. The van der Waals surface area contributed by atoms with Crippen LogP contribution in [0.3, 0.4) is 0 Å². The summed E-state index contributed by atoms with van der Waals surface area (Å²) < 4.78 is 47.2. The van der Waals surface area contributed by atoms with Crippen LogP contribution in [0.1, 0.15) is 20.8 Å². The Balaban J connectivity index is 0.00000385. The summed E-state index contributed by atoms with van der Waals surface area (Å²) in [6.07, 6.45) is -7.71. The number of nitrogens with one attached hydrogen (secondary N) is 1. The quantitative estimate of drug-likeness (QED) is 0.666. The van der Waals surface area contributed by atoms with Crippen molar-refractivity contribution < 1.29 is 27.8 Å². The molecule has 3 rings (SSSR count). The average molecular weight is 495 g/mol. The predicted octanol–water partition coefficient (Wildman–Crippen LogP) is 2.45. The second-order valence-corrected chi connectivity index (χ2v) is 8.99. The van der Waals surface area contributed by atoms with Gasteiger partial charge in [0.2, 0.25) is 0 Å². The molecular weight excluding hydrogens is 465 g/mol. The van der Waals surface area contributed by atoms with E-state index in [1.165, 1.54) is 25.3 Å². The van der Waals surface area contributed by atoms with Gasteiger partial charge in [-0.25, -0.2) is 14.2 Å². The number of aliphatic hydroxyl groups is 1. The number of morpholine rings is 1. The molecule has 0 bridgehead atoms. The van der Waals surface area contributed by atoms with Gasteiger partial charge in [-0.2, -0.15) is 13.2 Å². The molecular formula is C21H30ClF3N4O4. The molecule has 0 aliphatic carbocycles. The zero-order chi connectivity index (χ0) is 23.7. The molecule has 2 atom stereocenters. The fourth-order valence-electron chi connectivity index (χ4n) is 3.84. The van der Waals surface area contributed by atoms with E-state index in [1.807, 2.05) is 0 Å². The number of hydrogen-bond donors (Lipinski definition) is 2. The van der Waals surface area contributed by atoms with Crippen molar-refractivity contribution in [2.24, 2.45) is 5.41 Å². The van der Waals surface area contributed by atoms with Crippen LogP contribution in [0.25, 0.3) is 11.0 Å². The Morgan fingerprint density at radius 1 is 1.12 bits per heavy atom. The second-order valence-electron chi connectivity index (χ2n) is 8.99. The zero-order valence-electron chi connectivity index (χ0n) is 18.8. The summed E-state index contributed by atoms with van der Waals surface area (Å²) in [5.41, 5.74) is -0.982. The van der Waals surface area contributed by atoms with Crippen LogP contribution in [0.2, 0.25) is 0 Å². The van der Waals surface area contributed by atoms with Gasteiger partial charge < -0.3 is 15.2 Å². The first-order chi connectivity index (χ1) is 14.9. The molecule has 1 aromatic heterocycles. The van der Waals surface area contributed by atoms with Crippen LogP contribution >= 0.6 is 12.4 Å². The lowest BCUT2D eigenvalue weighted by Crippen LogP contribution is -2.57. The van der Waals surface area contributed by atoms with Crippen molar-refractivity contribution in [3.63, 3.8) is 0 Å². The highest BCUT2D eigenvalue weighted by molar-refractivity contribution is 5.89. The van der Waals surface area contributed by atoms with Crippen molar-refractivity contribution in [3.05, 3.63) is 34.7 Å². The minimum atomic E-state index is -4.93. The number of benzene rings is 1. The standard InChI is InChI=1S/C21H29F3N4O4.ClH/c1-20(2,3)16(17(29)21(22,23)24)25-18(30)28-15-7-5-4-6-14(15)27(19(28)31)9-8-26-10-12-32-13-11-26;/h4-7,16-17,29H,8-13H2,1-3H3,(H,25,30);1H/t16-,17?;/m1./s1. The number of amides is 1. The van der Waals surface area contributed by atoms with Crippen molar-refractivity contribution in [1.29, 1.82) is 0 Å². The van der Waals surface area contributed by atoms with E-state index < -0.39 is 35.5 Å². The number of ether oxygens (including phenoxy) is 1. The van der Waals surface area contributed by atoms with Gasteiger partial charge in [0.1, 0.15) is 0 Å². The van der Waals surface area contributed by atoms with Gasteiger partial charge in [0.15, 0.2) is 6.10 Å². The first kappa shape index (κ1) is 27.2. The maximum absolute atomic E-state index is 13.2. The molecule has 1 aromatic carbocycles. The topological polar surface area (TPSA) is 88.7 Å². The van der Waals surface area contributed by atoms with Crippen molar-refractivity contribution in [2.75, 3.05) is 32.8 Å². The Hall–Kier alpha value is -2.08. The van der Waals surface area contributed by atoms with E-state index in [0.717, 1.165) is 17.7 Å². The van der Waals surface area contributed by atoms with Gasteiger partial charge in [-0.3, -0.25) is 9.47 Å². The number of imidazole rings is 1. The minimum Gasteiger partial charge on any atom is -0.382 e. The highest BCUT2D eigenvalue weighted by Crippen LogP contribution is 2.31. The molecule has 1 unspecified atom stereocenters. The van der Waals surface area contributed by atoms with E-state index in [4.69, 9.17) is 4.74 Å². The van der Waals surface area contributed by atoms with Crippen molar-refractivity contribution >= 4 is 29.5 Å². The van der Waals surface area contributed by atoms with Crippen molar-refractivity contribution in [3.8, 4) is 0 Å². The highest BCUT2D eigenvalue weighted by atomic mass is 35.5. The molecule has 2 heterocycles. The lowest BCUT2D eigenvalue weighted by Gasteiger charge is -2.35. The molecule has 12 heteroatoms. The lowest BCUT2D eigenvalue weighted by molar-refractivity contribution is -0.218. The van der Waals surface area contributed by atoms with Gasteiger partial charge in [-0.05, 0) is 17.5 Å². The van der Waals surface area contributed by atoms with Crippen LogP contribution in [0.5, 0.6) is 0 Å². The third-order valence-electron chi connectivity index (χ3n) is 5.65. The van der Waals surface area contributed by atoms with Crippen LogP contribution in [-0.4, -0.2) is 76.3 Å². The second kappa shape index (κ2) is 10.5. The van der Waals surface area contributed by atoms with Crippen molar-refractivity contribution in [1.82, 2.24) is 19.4 Å². The molecule has 1 aliphatic heterocycles. The SMILES string of the molecule is CC(C)(C)[C@H](NC(=O)n1c(=O)n(CCN2CCOCC2)c2ccccc21)C(O)C(F)(F)F.Cl. The molecule has 186 valence electrons. The van der Waals surface area contributed by atoms with Gasteiger partial charge in [0, 0.05) is 26.2 Å². The first-order valence-electron chi connectivity index (χ1n) is 10.5. The largest absolute Gasteiger partial charge is 0.416 e. The molecule has 2 N–H and O–H groups in total. The highest BCUT2D eigenvalue weighted by Gasteiger charge is 2.48. The number of rotatable bonds is 5. The summed E-state index contributed by atoms with van der Waals surface area (Å²) in [6, 6.07) is 3.95. The molecule has 1 aliphatic rings. The number of alkyl halides is 3. The Bertz CT molecular complexity index is 1010. The summed E-state index contributed by atoms with van der Waals surface area (Å²) in [7, 11) is 0. The first-order valence-corrected chi connectivity index (χ1v) is 10.5. The van der Waals surface area contributed by atoms with E-state index in [1.54, 1.807) is 24.3 Å². The van der Waals surface area contributed by atoms with Crippen LogP contribution in [0, 0.1) is 5.41 Å². The molecule has 1 amide bonds. The summed E-state index contributed by atoms with van der Waals surface area (Å²) >= 11 is 0. The number of halogens is 4. The fourth-order valence-corrected chi connectivity index (χ4v) is 3.84. The van der Waals surface area contributed by atoms with E-state index >= 15 is 0 Å². The van der Waals surface area contributed by atoms with Gasteiger partial charge in [0.25, 0.3) is 0 Å². The van der Waals surface area contributed by atoms with E-state index in [9.17, 15) is 27.9 Å². The van der Waals surface area contributed by atoms with E-state index in [0.29, 0.717) is 31.8 Å². The summed E-state index contributed by atoms with van der Waals surface area (Å²) in [5, 5.41) is 12.1. The van der Waals surface area contributed by atoms with Gasteiger partial charge in [0.05, 0.1) is 30.3 Å². The summed E-state index contributed by atoms with van der Waals surface area (Å²) in [6.45, 7) is 7.98. The molecule has 33 heavy (non-hydrogen) atoms. The van der Waals surface area contributed by atoms with Crippen molar-refractivity contribution in [2.45, 2.75) is 45.6 Å². The third kappa shape index (κ3) is 6.08. The van der Waals surface area contributed by atoms with Gasteiger partial charge in [-0.1, -0.05) is 32.9 Å². The molecule has 1 saturated heterocycles. The normalized spacial score (nSPS) is 17.4. The summed E-state index contributed by atoms with van der Waals surface area (Å²) in [5.74, 6) is 0. The Morgan fingerprint density at radius 3 is 2.24 bits per heavy atom. The predicted molar refractivity (Wildman–Crippen MR) is 120 cm³/mol. The number of aliphatic hydroxyl groups excluding tert-OH is 1. The Labute approximate surface area is 195 Å². The zero-order valence-corrected chi connectivity index (χ0v) is 19.6. The minimum absolute atomic E-state index is 0. The smallest absolute Gasteiger partial charge is 0.382 e. The number of carbonyl (C=O) groups excluding carboxylic acids is 1. The average Bonchev–Trinajstić information content (AvgIpc) is 3.00. The lowest BCUT2D eigenvalue weighted by atomic mass is 9.83. The number of carbonyl (C=O) groups is 1. The summed E-state index contributed by atoms with van der Waals surface area (Å²) in [4.78, 5) is 28.3. The Morgan fingerprint density at radius 2 is 1.70 bits per heavy atom. The fraction of sp³-hybridized carbons (Fsp3) is 0.619. The molecule has 8 nitrogen and oxygen atoms in total. The molecule has 2 aromatic rings. The number of aromatic nitrogens is 2. The maximum Gasteiger partial charge on any atom is 0.416 e. The van der Waals surface area contributed by atoms with Crippen LogP contribution in [0.4, 0.5) is 18.0 Å². The molecule has 0 radical (unpaired) electrons. The third-order valence-corrected chi connectivity index (χ3v) is 5.65. The molecule has 1 fully saturated rings.